The highest BCUT2D eigenvalue weighted by atomic mass is 19.1. The lowest BCUT2D eigenvalue weighted by molar-refractivity contribution is -0.170. The van der Waals surface area contributed by atoms with E-state index < -0.39 is 36.4 Å². The first-order chi connectivity index (χ1) is 17.4. The van der Waals surface area contributed by atoms with E-state index in [1.165, 1.54) is 11.6 Å². The van der Waals surface area contributed by atoms with Crippen LogP contribution in [0.3, 0.4) is 0 Å². The van der Waals surface area contributed by atoms with E-state index in [4.69, 9.17) is 20.4 Å². The van der Waals surface area contributed by atoms with Gasteiger partial charge in [-0.05, 0) is 44.1 Å². The Balaban J connectivity index is 0.000000317. The zero-order valence-electron chi connectivity index (χ0n) is 20.7. The van der Waals surface area contributed by atoms with Crippen LogP contribution in [0.15, 0.2) is 37.0 Å². The average molecular weight is 521 g/mol. The summed E-state index contributed by atoms with van der Waals surface area (Å²) in [6.45, 7) is 11.7. The Labute approximate surface area is 214 Å². The molecule has 0 radical (unpaired) electrons. The standard InChI is InChI=1S/C19H25FN4.C6H8O7/c1-3-24-15-18(16(2)21-24)14-23-9-5-8-22(10-11-23)13-17-6-4-7-19(20)12-17;7-3(8)1-6(13,5(11)12)2-4(9)10/h3-4,6-7,12,15H,1,5,8-11,13-14H2,2H3;13H,1-2H2,(H,7,8)(H,9,10)(H,11,12). The molecule has 1 saturated heterocycles. The second-order valence-corrected chi connectivity index (χ2v) is 8.92. The van der Waals surface area contributed by atoms with Gasteiger partial charge in [-0.3, -0.25) is 19.4 Å². The summed E-state index contributed by atoms with van der Waals surface area (Å²) in [5.74, 6) is -5.17. The van der Waals surface area contributed by atoms with E-state index >= 15 is 0 Å². The zero-order chi connectivity index (χ0) is 27.6. The van der Waals surface area contributed by atoms with Crippen molar-refractivity contribution < 1.29 is 39.2 Å². The van der Waals surface area contributed by atoms with E-state index in [-0.39, 0.29) is 5.82 Å². The third-order valence-corrected chi connectivity index (χ3v) is 5.86. The number of aromatic nitrogens is 2. The lowest BCUT2D eigenvalue weighted by atomic mass is 9.96. The van der Waals surface area contributed by atoms with E-state index in [1.807, 2.05) is 13.0 Å². The largest absolute Gasteiger partial charge is 0.481 e. The Morgan fingerprint density at radius 3 is 2.14 bits per heavy atom. The van der Waals surface area contributed by atoms with Crippen molar-refractivity contribution in [1.82, 2.24) is 19.6 Å². The Kier molecular flexibility index (Phi) is 10.9. The van der Waals surface area contributed by atoms with E-state index in [1.54, 1.807) is 23.0 Å². The van der Waals surface area contributed by atoms with E-state index in [0.29, 0.717) is 0 Å². The van der Waals surface area contributed by atoms with Crippen molar-refractivity contribution in [3.05, 3.63) is 59.7 Å². The van der Waals surface area contributed by atoms with Crippen LogP contribution in [0.25, 0.3) is 6.20 Å². The summed E-state index contributed by atoms with van der Waals surface area (Å²) < 4.78 is 15.1. The molecule has 0 amide bonds. The van der Waals surface area contributed by atoms with E-state index in [9.17, 15) is 18.8 Å². The fourth-order valence-electron chi connectivity index (χ4n) is 3.96. The minimum Gasteiger partial charge on any atom is -0.481 e. The van der Waals surface area contributed by atoms with Crippen LogP contribution in [-0.4, -0.2) is 89.7 Å². The molecule has 0 bridgehead atoms. The van der Waals surface area contributed by atoms with Crippen LogP contribution in [0, 0.1) is 12.7 Å². The molecule has 1 aromatic carbocycles. The molecular weight excluding hydrogens is 487 g/mol. The van der Waals surface area contributed by atoms with Gasteiger partial charge in [-0.1, -0.05) is 18.7 Å². The molecule has 0 saturated carbocycles. The first-order valence-corrected chi connectivity index (χ1v) is 11.7. The molecule has 0 aliphatic carbocycles. The number of nitrogens with zero attached hydrogens (tertiary/aromatic N) is 4. The molecule has 1 aromatic heterocycles. The maximum Gasteiger partial charge on any atom is 0.336 e. The van der Waals surface area contributed by atoms with Crippen molar-refractivity contribution in [1.29, 1.82) is 0 Å². The van der Waals surface area contributed by atoms with Crippen LogP contribution in [0.2, 0.25) is 0 Å². The lowest BCUT2D eigenvalue weighted by Crippen LogP contribution is -2.42. The number of aliphatic carboxylic acids is 3. The number of hydrogen-bond donors (Lipinski definition) is 4. The molecular formula is C25H33FN4O7. The summed E-state index contributed by atoms with van der Waals surface area (Å²) >= 11 is 0. The van der Waals surface area contributed by atoms with E-state index in [0.717, 1.165) is 56.9 Å². The fourth-order valence-corrected chi connectivity index (χ4v) is 3.96. The molecule has 1 aliphatic heterocycles. The van der Waals surface area contributed by atoms with Gasteiger partial charge in [-0.2, -0.15) is 5.10 Å². The molecule has 0 atom stereocenters. The van der Waals surface area contributed by atoms with Gasteiger partial charge in [0, 0.05) is 44.1 Å². The zero-order valence-corrected chi connectivity index (χ0v) is 20.7. The minimum atomic E-state index is -2.74. The fraction of sp³-hybridized carbons (Fsp3) is 0.440. The Bertz CT molecular complexity index is 1090. The lowest BCUT2D eigenvalue weighted by Gasteiger charge is -2.21. The van der Waals surface area contributed by atoms with Crippen molar-refractivity contribution in [2.75, 3.05) is 26.2 Å². The summed E-state index contributed by atoms with van der Waals surface area (Å²) in [6.07, 6.45) is 2.62. The number of aryl methyl sites for hydroxylation is 1. The molecule has 2 heterocycles. The predicted octanol–water partition coefficient (Wildman–Crippen LogP) is 1.89. The average Bonchev–Trinajstić information content (AvgIpc) is 3.00. The first kappa shape index (κ1) is 29.6. The number of aliphatic hydroxyl groups is 1. The van der Waals surface area contributed by atoms with Crippen LogP contribution < -0.4 is 0 Å². The number of carboxylic acid groups (broad SMARTS) is 3. The van der Waals surface area contributed by atoms with Gasteiger partial charge in [-0.15, -0.1) is 0 Å². The number of benzene rings is 1. The molecule has 1 aliphatic rings. The molecule has 4 N–H and O–H groups in total. The monoisotopic (exact) mass is 520 g/mol. The number of carbonyl (C=O) groups is 3. The molecule has 37 heavy (non-hydrogen) atoms. The summed E-state index contributed by atoms with van der Waals surface area (Å²) in [6, 6.07) is 6.92. The molecule has 202 valence electrons. The third-order valence-electron chi connectivity index (χ3n) is 5.86. The van der Waals surface area contributed by atoms with Crippen LogP contribution in [0.5, 0.6) is 0 Å². The molecule has 12 heteroatoms. The number of halogens is 1. The van der Waals surface area contributed by atoms with Crippen molar-refractivity contribution in [2.45, 2.75) is 44.9 Å². The van der Waals surface area contributed by atoms with Crippen molar-refractivity contribution in [2.24, 2.45) is 0 Å². The van der Waals surface area contributed by atoms with Crippen LogP contribution in [0.1, 0.15) is 36.1 Å². The number of carboxylic acids is 3. The number of hydrogen-bond acceptors (Lipinski definition) is 7. The van der Waals surface area contributed by atoms with Gasteiger partial charge in [0.15, 0.2) is 5.60 Å². The second-order valence-electron chi connectivity index (χ2n) is 8.92. The highest BCUT2D eigenvalue weighted by Gasteiger charge is 2.40. The maximum absolute atomic E-state index is 13.3. The highest BCUT2D eigenvalue weighted by Crippen LogP contribution is 2.16. The second kappa shape index (κ2) is 13.6. The predicted molar refractivity (Wildman–Crippen MR) is 132 cm³/mol. The summed E-state index contributed by atoms with van der Waals surface area (Å²) in [5, 5.41) is 38.2. The Morgan fingerprint density at radius 1 is 1.05 bits per heavy atom. The summed E-state index contributed by atoms with van der Waals surface area (Å²) in [7, 11) is 0. The minimum absolute atomic E-state index is 0.154. The van der Waals surface area contributed by atoms with Gasteiger partial charge >= 0.3 is 17.9 Å². The maximum atomic E-state index is 13.3. The van der Waals surface area contributed by atoms with Crippen molar-refractivity contribution in [3.8, 4) is 0 Å². The Morgan fingerprint density at radius 2 is 1.65 bits per heavy atom. The smallest absolute Gasteiger partial charge is 0.336 e. The van der Waals surface area contributed by atoms with Crippen LogP contribution in [0.4, 0.5) is 4.39 Å². The third kappa shape index (κ3) is 9.75. The van der Waals surface area contributed by atoms with Gasteiger partial charge in [-0.25, -0.2) is 13.9 Å². The van der Waals surface area contributed by atoms with Gasteiger partial charge in [0.1, 0.15) is 5.82 Å². The van der Waals surface area contributed by atoms with Crippen molar-refractivity contribution >= 4 is 24.1 Å². The quantitative estimate of drug-likeness (QED) is 0.365. The SMILES string of the molecule is C=Cn1cc(CN2CCCN(Cc3cccc(F)c3)CC2)c(C)n1.O=C(O)CC(O)(CC(=O)O)C(=O)O. The topological polar surface area (TPSA) is 156 Å². The number of rotatable bonds is 10. The Hall–Kier alpha value is -3.61. The summed E-state index contributed by atoms with van der Waals surface area (Å²) in [5.41, 5.74) is 0.633. The molecule has 2 aromatic rings. The molecule has 0 spiro atoms. The van der Waals surface area contributed by atoms with E-state index in [2.05, 4.69) is 27.7 Å². The van der Waals surface area contributed by atoms with Gasteiger partial charge in [0.2, 0.25) is 0 Å². The van der Waals surface area contributed by atoms with Gasteiger partial charge < -0.3 is 20.4 Å². The normalized spacial score (nSPS) is 14.8. The van der Waals surface area contributed by atoms with Crippen LogP contribution >= 0.6 is 0 Å². The van der Waals surface area contributed by atoms with Crippen LogP contribution in [-0.2, 0) is 27.5 Å². The van der Waals surface area contributed by atoms with Gasteiger partial charge in [0.05, 0.1) is 18.5 Å². The highest BCUT2D eigenvalue weighted by molar-refractivity contribution is 5.88. The first-order valence-electron chi connectivity index (χ1n) is 11.7. The summed E-state index contributed by atoms with van der Waals surface area (Å²) in [4.78, 5) is 35.4. The molecule has 1 fully saturated rings. The van der Waals surface area contributed by atoms with Crippen molar-refractivity contribution in [3.63, 3.8) is 0 Å². The molecule has 0 unspecified atom stereocenters. The van der Waals surface area contributed by atoms with Gasteiger partial charge in [0.25, 0.3) is 0 Å². The molecule has 3 rings (SSSR count). The molecule has 11 nitrogen and oxygen atoms in total.